The summed E-state index contributed by atoms with van der Waals surface area (Å²) in [5.41, 5.74) is 4.93. The van der Waals surface area contributed by atoms with Crippen molar-refractivity contribution in [3.8, 4) is 33.0 Å². The molecule has 1 heterocycles. The molecule has 31 heavy (non-hydrogen) atoms. The van der Waals surface area contributed by atoms with Crippen LogP contribution in [0.1, 0.15) is 49.9 Å². The highest BCUT2D eigenvalue weighted by molar-refractivity contribution is 7.17. The first-order chi connectivity index (χ1) is 15.0. The Bertz CT molecular complexity index is 1160. The molecule has 0 bridgehead atoms. The lowest BCUT2D eigenvalue weighted by molar-refractivity contribution is -0.116. The number of rotatable bonds is 7. The van der Waals surface area contributed by atoms with E-state index in [1.807, 2.05) is 32.0 Å². The number of ketones is 1. The van der Waals surface area contributed by atoms with E-state index in [4.69, 9.17) is 4.74 Å². The van der Waals surface area contributed by atoms with Crippen LogP contribution in [-0.4, -0.2) is 28.6 Å². The van der Waals surface area contributed by atoms with Gasteiger partial charge in [-0.05, 0) is 62.9 Å². The first-order valence-corrected chi connectivity index (χ1v) is 11.2. The Hall–Kier alpha value is -3.08. The summed E-state index contributed by atoms with van der Waals surface area (Å²) in [6.07, 6.45) is 1.91. The second-order valence-corrected chi connectivity index (χ2v) is 8.93. The summed E-state index contributed by atoms with van der Waals surface area (Å²) >= 11 is 1.52. The Morgan fingerprint density at radius 1 is 1.29 bits per heavy atom. The number of carbonyl (C=O) groups is 1. The number of carbonyl (C=O) groups excluding carboxylic acids is 1. The van der Waals surface area contributed by atoms with Gasteiger partial charge in [-0.1, -0.05) is 29.5 Å². The lowest BCUT2D eigenvalue weighted by Crippen LogP contribution is -2.24. The van der Waals surface area contributed by atoms with Gasteiger partial charge in [0.2, 0.25) is 0 Å². The normalized spacial score (nSPS) is 15.0. The first kappa shape index (κ1) is 21.2. The van der Waals surface area contributed by atoms with Crippen molar-refractivity contribution in [2.75, 3.05) is 6.54 Å². The van der Waals surface area contributed by atoms with Gasteiger partial charge in [-0.2, -0.15) is 5.26 Å². The Morgan fingerprint density at radius 2 is 2.10 bits per heavy atom. The summed E-state index contributed by atoms with van der Waals surface area (Å²) in [5.74, 6) is 0.718. The number of ether oxygens (including phenoxy) is 1. The summed E-state index contributed by atoms with van der Waals surface area (Å²) in [7, 11) is 0. The minimum absolute atomic E-state index is 0.0000187. The SMILES string of the molecule is CC(=O)CN[C@H]1CCc2c(-c3nnc(-c4ccc(OC(C)C)c(C#N)c4)s3)cccc21. The number of hydrogen-bond donors (Lipinski definition) is 1. The van der Waals surface area contributed by atoms with Gasteiger partial charge in [0.05, 0.1) is 18.2 Å². The number of aromatic nitrogens is 2. The van der Waals surface area contributed by atoms with Crippen molar-refractivity contribution < 1.29 is 9.53 Å². The lowest BCUT2D eigenvalue weighted by Gasteiger charge is -2.13. The molecule has 4 rings (SSSR count). The van der Waals surface area contributed by atoms with Crippen molar-refractivity contribution in [2.24, 2.45) is 0 Å². The molecule has 1 aliphatic carbocycles. The van der Waals surface area contributed by atoms with Gasteiger partial charge in [0, 0.05) is 17.2 Å². The van der Waals surface area contributed by atoms with Crippen molar-refractivity contribution in [1.82, 2.24) is 15.5 Å². The Labute approximate surface area is 185 Å². The van der Waals surface area contributed by atoms with Crippen LogP contribution in [0.25, 0.3) is 21.1 Å². The molecule has 0 unspecified atom stereocenters. The van der Waals surface area contributed by atoms with Crippen LogP contribution in [0.3, 0.4) is 0 Å². The largest absolute Gasteiger partial charge is 0.490 e. The molecule has 0 saturated carbocycles. The van der Waals surface area contributed by atoms with E-state index >= 15 is 0 Å². The van der Waals surface area contributed by atoms with Crippen molar-refractivity contribution in [1.29, 1.82) is 5.26 Å². The molecule has 1 aromatic heterocycles. The van der Waals surface area contributed by atoms with Gasteiger partial charge in [0.25, 0.3) is 0 Å². The van der Waals surface area contributed by atoms with Gasteiger partial charge >= 0.3 is 0 Å². The number of hydrogen-bond acceptors (Lipinski definition) is 7. The molecule has 2 aromatic carbocycles. The number of Topliss-reactive ketones (excluding diaryl/α,β-unsaturated/α-hetero) is 1. The van der Waals surface area contributed by atoms with E-state index in [2.05, 4.69) is 33.7 Å². The fourth-order valence-corrected chi connectivity index (χ4v) is 4.78. The van der Waals surface area contributed by atoms with E-state index in [0.717, 1.165) is 34.0 Å². The van der Waals surface area contributed by atoms with Crippen LogP contribution < -0.4 is 10.1 Å². The van der Waals surface area contributed by atoms with Gasteiger partial charge in [-0.15, -0.1) is 10.2 Å². The highest BCUT2D eigenvalue weighted by Gasteiger charge is 2.26. The first-order valence-electron chi connectivity index (χ1n) is 10.4. The molecule has 158 valence electrons. The highest BCUT2D eigenvalue weighted by Crippen LogP contribution is 2.40. The van der Waals surface area contributed by atoms with Crippen LogP contribution >= 0.6 is 11.3 Å². The number of nitrogens with one attached hydrogen (secondary N) is 1. The van der Waals surface area contributed by atoms with Crippen LogP contribution in [-0.2, 0) is 11.2 Å². The second-order valence-electron chi connectivity index (χ2n) is 7.95. The minimum Gasteiger partial charge on any atom is -0.490 e. The lowest BCUT2D eigenvalue weighted by atomic mass is 10.0. The van der Waals surface area contributed by atoms with E-state index in [1.54, 1.807) is 13.0 Å². The highest BCUT2D eigenvalue weighted by atomic mass is 32.1. The van der Waals surface area contributed by atoms with Crippen LogP contribution in [0.4, 0.5) is 0 Å². The number of nitrogens with zero attached hydrogens (tertiary/aromatic N) is 3. The quantitative estimate of drug-likeness (QED) is 0.582. The molecule has 1 atom stereocenters. The predicted octanol–water partition coefficient (Wildman–Crippen LogP) is 4.70. The van der Waals surface area contributed by atoms with Gasteiger partial charge in [0.1, 0.15) is 27.6 Å². The van der Waals surface area contributed by atoms with Crippen LogP contribution in [0, 0.1) is 11.3 Å². The molecule has 0 spiro atoms. The van der Waals surface area contributed by atoms with Crippen molar-refractivity contribution in [2.45, 2.75) is 45.8 Å². The van der Waals surface area contributed by atoms with Crippen molar-refractivity contribution >= 4 is 17.1 Å². The predicted molar refractivity (Wildman–Crippen MR) is 121 cm³/mol. The maximum Gasteiger partial charge on any atom is 0.148 e. The fourth-order valence-electron chi connectivity index (χ4n) is 3.89. The molecule has 1 aliphatic rings. The smallest absolute Gasteiger partial charge is 0.148 e. The monoisotopic (exact) mass is 432 g/mol. The topological polar surface area (TPSA) is 87.9 Å². The van der Waals surface area contributed by atoms with Gasteiger partial charge < -0.3 is 10.1 Å². The van der Waals surface area contributed by atoms with Gasteiger partial charge in [0.15, 0.2) is 0 Å². The molecule has 0 saturated heterocycles. The summed E-state index contributed by atoms with van der Waals surface area (Å²) in [4.78, 5) is 11.4. The summed E-state index contributed by atoms with van der Waals surface area (Å²) in [6, 6.07) is 14.2. The summed E-state index contributed by atoms with van der Waals surface area (Å²) < 4.78 is 5.71. The summed E-state index contributed by atoms with van der Waals surface area (Å²) in [6.45, 7) is 5.85. The zero-order valence-electron chi connectivity index (χ0n) is 17.8. The minimum atomic E-state index is 0.0000187. The second kappa shape index (κ2) is 8.96. The molecule has 3 aromatic rings. The average Bonchev–Trinajstić information content (AvgIpc) is 3.39. The third kappa shape index (κ3) is 4.50. The zero-order chi connectivity index (χ0) is 22.0. The zero-order valence-corrected chi connectivity index (χ0v) is 18.6. The van der Waals surface area contributed by atoms with E-state index in [0.29, 0.717) is 17.9 Å². The fraction of sp³-hybridized carbons (Fsp3) is 0.333. The van der Waals surface area contributed by atoms with Crippen molar-refractivity contribution in [3.05, 3.63) is 53.1 Å². The van der Waals surface area contributed by atoms with Crippen LogP contribution in [0.2, 0.25) is 0 Å². The standard InChI is InChI=1S/C24H24N4O2S/c1-14(2)30-22-10-7-16(11-17(22)12-25)23-27-28-24(31-23)20-6-4-5-19-18(20)8-9-21(19)26-13-15(3)29/h4-7,10-11,14,21,26H,8-9,13H2,1-3H3/t21-/m0/s1. The molecule has 0 amide bonds. The Balaban J connectivity index is 1.62. The van der Waals surface area contributed by atoms with E-state index in [1.165, 1.54) is 22.5 Å². The van der Waals surface area contributed by atoms with Crippen molar-refractivity contribution in [3.63, 3.8) is 0 Å². The number of nitriles is 1. The molecule has 1 N–H and O–H groups in total. The number of fused-ring (bicyclic) bond motifs is 1. The average molecular weight is 433 g/mol. The molecular weight excluding hydrogens is 408 g/mol. The number of benzene rings is 2. The Morgan fingerprint density at radius 3 is 2.84 bits per heavy atom. The van der Waals surface area contributed by atoms with Gasteiger partial charge in [-0.25, -0.2) is 0 Å². The molecular formula is C24H24N4O2S. The molecule has 0 aliphatic heterocycles. The molecule has 0 radical (unpaired) electrons. The Kier molecular flexibility index (Phi) is 6.12. The van der Waals surface area contributed by atoms with E-state index in [-0.39, 0.29) is 17.9 Å². The van der Waals surface area contributed by atoms with Crippen LogP contribution in [0.5, 0.6) is 5.75 Å². The summed E-state index contributed by atoms with van der Waals surface area (Å²) in [5, 5.41) is 23.3. The van der Waals surface area contributed by atoms with Crippen LogP contribution in [0.15, 0.2) is 36.4 Å². The molecule has 6 nitrogen and oxygen atoms in total. The molecule has 0 fully saturated rings. The maximum absolute atomic E-state index is 11.4. The molecule has 7 heteroatoms. The maximum atomic E-state index is 11.4. The van der Waals surface area contributed by atoms with E-state index in [9.17, 15) is 10.1 Å². The van der Waals surface area contributed by atoms with Gasteiger partial charge in [-0.3, -0.25) is 4.79 Å². The third-order valence-electron chi connectivity index (χ3n) is 5.23. The van der Waals surface area contributed by atoms with E-state index < -0.39 is 0 Å². The third-order valence-corrected chi connectivity index (χ3v) is 6.24.